The van der Waals surface area contributed by atoms with Gasteiger partial charge in [0.2, 0.25) is 5.91 Å². The first kappa shape index (κ1) is 20.4. The highest BCUT2D eigenvalue weighted by Crippen LogP contribution is 2.24. The Morgan fingerprint density at radius 1 is 1.19 bits per heavy atom. The summed E-state index contributed by atoms with van der Waals surface area (Å²) in [4.78, 5) is 40.9. The van der Waals surface area contributed by atoms with Gasteiger partial charge in [-0.3, -0.25) is 19.3 Å². The summed E-state index contributed by atoms with van der Waals surface area (Å²) in [6.45, 7) is 6.19. The molecule has 1 fully saturated rings. The number of piperidine rings is 1. The second-order valence-corrected chi connectivity index (χ2v) is 6.81. The number of hydrogen-bond acceptors (Lipinski definition) is 4. The summed E-state index contributed by atoms with van der Waals surface area (Å²) in [5, 5.41) is 3.30. The minimum Gasteiger partial charge on any atom is -0.338 e. The quantitative estimate of drug-likeness (QED) is 0.794. The molecular formula is C19H26ClN3O3. The largest absolute Gasteiger partial charge is 0.338 e. The number of nitrogens with zero attached hydrogens (tertiary/aromatic N) is 2. The van der Waals surface area contributed by atoms with Crippen LogP contribution >= 0.6 is 12.4 Å². The summed E-state index contributed by atoms with van der Waals surface area (Å²) in [5.41, 5.74) is 1.73. The van der Waals surface area contributed by atoms with Crippen LogP contribution in [-0.4, -0.2) is 59.7 Å². The van der Waals surface area contributed by atoms with E-state index in [-0.39, 0.29) is 42.7 Å². The molecule has 2 heterocycles. The molecule has 2 aliphatic rings. The van der Waals surface area contributed by atoms with Crippen LogP contribution in [0.3, 0.4) is 0 Å². The first-order valence-electron chi connectivity index (χ1n) is 9.00. The molecule has 142 valence electrons. The Morgan fingerprint density at radius 2 is 1.85 bits per heavy atom. The average molecular weight is 380 g/mol. The monoisotopic (exact) mass is 379 g/mol. The van der Waals surface area contributed by atoms with E-state index in [0.717, 1.165) is 42.8 Å². The lowest BCUT2D eigenvalue weighted by molar-refractivity contribution is -0.134. The summed E-state index contributed by atoms with van der Waals surface area (Å²) in [6, 6.07) is 5.39. The molecule has 1 aromatic rings. The fraction of sp³-hybridized carbons (Fsp3) is 0.526. The van der Waals surface area contributed by atoms with Crippen LogP contribution in [0.15, 0.2) is 18.2 Å². The average Bonchev–Trinajstić information content (AvgIpc) is 2.84. The molecule has 0 radical (unpaired) electrons. The zero-order valence-electron chi connectivity index (χ0n) is 15.3. The van der Waals surface area contributed by atoms with E-state index in [1.807, 2.05) is 24.8 Å². The van der Waals surface area contributed by atoms with E-state index in [1.165, 1.54) is 0 Å². The Morgan fingerprint density at radius 3 is 2.50 bits per heavy atom. The van der Waals surface area contributed by atoms with Crippen LogP contribution in [-0.2, 0) is 4.79 Å². The molecule has 3 rings (SSSR count). The summed E-state index contributed by atoms with van der Waals surface area (Å²) in [7, 11) is 0. The third-order valence-electron chi connectivity index (χ3n) is 4.95. The smallest absolute Gasteiger partial charge is 0.262 e. The summed E-state index contributed by atoms with van der Waals surface area (Å²) < 4.78 is 0. The Balaban J connectivity index is 0.00000243. The Kier molecular flexibility index (Phi) is 6.78. The van der Waals surface area contributed by atoms with Crippen LogP contribution in [0.25, 0.3) is 0 Å². The van der Waals surface area contributed by atoms with Gasteiger partial charge in [0.15, 0.2) is 0 Å². The van der Waals surface area contributed by atoms with Crippen molar-refractivity contribution >= 4 is 30.1 Å². The third kappa shape index (κ3) is 3.91. The van der Waals surface area contributed by atoms with E-state index in [4.69, 9.17) is 0 Å². The topological polar surface area (TPSA) is 69.7 Å². The van der Waals surface area contributed by atoms with Crippen molar-refractivity contribution in [1.82, 2.24) is 15.1 Å². The Hall–Kier alpha value is -1.92. The molecule has 0 atom stereocenters. The van der Waals surface area contributed by atoms with Crippen LogP contribution in [0.1, 0.15) is 52.5 Å². The number of halogens is 1. The standard InChI is InChI=1S/C19H25N3O3.ClH/c1-3-10-21(14-6-8-20-9-7-14)17(23)12-22-18(24)15-5-4-13(2)11-16(15)19(22)25;/h4-5,11,14,20H,3,6-10,12H2,1-2H3;1H. The number of carbonyl (C=O) groups excluding carboxylic acids is 3. The maximum atomic E-state index is 12.9. The summed E-state index contributed by atoms with van der Waals surface area (Å²) in [5.74, 6) is -0.867. The number of imide groups is 1. The molecule has 0 unspecified atom stereocenters. The van der Waals surface area contributed by atoms with Crippen molar-refractivity contribution in [3.8, 4) is 0 Å². The van der Waals surface area contributed by atoms with Gasteiger partial charge in [-0.1, -0.05) is 18.6 Å². The van der Waals surface area contributed by atoms with Crippen LogP contribution in [0.5, 0.6) is 0 Å². The number of hydrogen-bond donors (Lipinski definition) is 1. The van der Waals surface area contributed by atoms with Crippen molar-refractivity contribution in [1.29, 1.82) is 0 Å². The van der Waals surface area contributed by atoms with E-state index in [0.29, 0.717) is 17.7 Å². The number of benzene rings is 1. The molecule has 6 nitrogen and oxygen atoms in total. The van der Waals surface area contributed by atoms with Gasteiger partial charge >= 0.3 is 0 Å². The minimum absolute atomic E-state index is 0. The van der Waals surface area contributed by atoms with Crippen molar-refractivity contribution < 1.29 is 14.4 Å². The van der Waals surface area contributed by atoms with Crippen molar-refractivity contribution in [3.63, 3.8) is 0 Å². The molecule has 26 heavy (non-hydrogen) atoms. The molecule has 1 saturated heterocycles. The van der Waals surface area contributed by atoms with Gasteiger partial charge in [0, 0.05) is 12.6 Å². The molecule has 2 aliphatic heterocycles. The van der Waals surface area contributed by atoms with Crippen LogP contribution in [0.2, 0.25) is 0 Å². The van der Waals surface area contributed by atoms with Crippen molar-refractivity contribution in [3.05, 3.63) is 34.9 Å². The SMILES string of the molecule is CCCN(C(=O)CN1C(=O)c2ccc(C)cc2C1=O)C1CCNCC1.Cl. The highest BCUT2D eigenvalue weighted by molar-refractivity contribution is 6.22. The van der Waals surface area contributed by atoms with E-state index in [9.17, 15) is 14.4 Å². The molecule has 0 bridgehead atoms. The van der Waals surface area contributed by atoms with Gasteiger partial charge in [0.05, 0.1) is 11.1 Å². The molecule has 0 aromatic heterocycles. The first-order valence-corrected chi connectivity index (χ1v) is 9.00. The Labute approximate surface area is 160 Å². The molecule has 7 heteroatoms. The lowest BCUT2D eigenvalue weighted by Gasteiger charge is -2.35. The minimum atomic E-state index is -0.366. The van der Waals surface area contributed by atoms with Crippen molar-refractivity contribution in [2.45, 2.75) is 39.2 Å². The van der Waals surface area contributed by atoms with Gasteiger partial charge in [0.1, 0.15) is 6.54 Å². The number of fused-ring (bicyclic) bond motifs is 1. The molecule has 0 aliphatic carbocycles. The second kappa shape index (κ2) is 8.64. The Bertz CT molecular complexity index is 701. The molecule has 1 N–H and O–H groups in total. The number of carbonyl (C=O) groups is 3. The maximum absolute atomic E-state index is 12.9. The summed E-state index contributed by atoms with van der Waals surface area (Å²) in [6.07, 6.45) is 2.68. The molecule has 1 aromatic carbocycles. The van der Waals surface area contributed by atoms with Crippen LogP contribution in [0.4, 0.5) is 0 Å². The van der Waals surface area contributed by atoms with Gasteiger partial charge < -0.3 is 10.2 Å². The van der Waals surface area contributed by atoms with Crippen molar-refractivity contribution in [2.24, 2.45) is 0 Å². The second-order valence-electron chi connectivity index (χ2n) is 6.81. The highest BCUT2D eigenvalue weighted by Gasteiger charge is 2.38. The number of rotatable bonds is 5. The summed E-state index contributed by atoms with van der Waals surface area (Å²) >= 11 is 0. The lowest BCUT2D eigenvalue weighted by atomic mass is 10.0. The zero-order valence-corrected chi connectivity index (χ0v) is 16.1. The normalized spacial score (nSPS) is 17.1. The van der Waals surface area contributed by atoms with Gasteiger partial charge in [-0.05, 0) is 51.4 Å². The fourth-order valence-corrected chi connectivity index (χ4v) is 3.64. The maximum Gasteiger partial charge on any atom is 0.262 e. The predicted molar refractivity (Wildman–Crippen MR) is 102 cm³/mol. The van der Waals surface area contributed by atoms with Crippen LogP contribution < -0.4 is 5.32 Å². The fourth-order valence-electron chi connectivity index (χ4n) is 3.64. The van der Waals surface area contributed by atoms with Gasteiger partial charge in [0.25, 0.3) is 11.8 Å². The number of nitrogens with one attached hydrogen (secondary N) is 1. The van der Waals surface area contributed by atoms with Gasteiger partial charge in [-0.25, -0.2) is 0 Å². The number of aryl methyl sites for hydroxylation is 1. The van der Waals surface area contributed by atoms with E-state index in [2.05, 4.69) is 5.32 Å². The van der Waals surface area contributed by atoms with Gasteiger partial charge in [-0.2, -0.15) is 0 Å². The van der Waals surface area contributed by atoms with E-state index in [1.54, 1.807) is 12.1 Å². The van der Waals surface area contributed by atoms with E-state index >= 15 is 0 Å². The molecular weight excluding hydrogens is 354 g/mol. The zero-order chi connectivity index (χ0) is 18.0. The van der Waals surface area contributed by atoms with E-state index < -0.39 is 0 Å². The third-order valence-corrected chi connectivity index (χ3v) is 4.95. The first-order chi connectivity index (χ1) is 12.0. The van der Waals surface area contributed by atoms with Gasteiger partial charge in [-0.15, -0.1) is 12.4 Å². The lowest BCUT2D eigenvalue weighted by Crippen LogP contribution is -2.50. The molecule has 3 amide bonds. The molecule has 0 saturated carbocycles. The molecule has 0 spiro atoms. The van der Waals surface area contributed by atoms with Crippen molar-refractivity contribution in [2.75, 3.05) is 26.2 Å². The highest BCUT2D eigenvalue weighted by atomic mass is 35.5. The van der Waals surface area contributed by atoms with Crippen LogP contribution in [0, 0.1) is 6.92 Å². The number of amides is 3. The predicted octanol–water partition coefficient (Wildman–Crippen LogP) is 2.00.